The zero-order valence-electron chi connectivity index (χ0n) is 7.01. The van der Waals surface area contributed by atoms with Crippen LogP contribution in [0.3, 0.4) is 0 Å². The molecule has 4 heteroatoms. The highest BCUT2D eigenvalue weighted by atomic mass is 79.9. The molecule has 0 aliphatic heterocycles. The van der Waals surface area contributed by atoms with E-state index in [1.807, 2.05) is 0 Å². The highest BCUT2D eigenvalue weighted by Gasteiger charge is 2.13. The fourth-order valence-corrected chi connectivity index (χ4v) is 1.24. The largest absolute Gasteiger partial charge is 0.462 e. The van der Waals surface area contributed by atoms with Crippen LogP contribution in [0.5, 0.6) is 0 Å². The first-order valence-electron chi connectivity index (χ1n) is 3.78. The minimum absolute atomic E-state index is 0.0452. The van der Waals surface area contributed by atoms with Crippen LogP contribution in [0.15, 0.2) is 22.7 Å². The van der Waals surface area contributed by atoms with Gasteiger partial charge in [0.15, 0.2) is 5.82 Å². The smallest absolute Gasteiger partial charge is 0.341 e. The minimum Gasteiger partial charge on any atom is -0.462 e. The van der Waals surface area contributed by atoms with Crippen molar-refractivity contribution in [3.05, 3.63) is 34.1 Å². The Kier molecular flexibility index (Phi) is 3.42. The molecule has 70 valence electrons. The molecule has 0 aliphatic carbocycles. The van der Waals surface area contributed by atoms with Crippen LogP contribution in [0, 0.1) is 5.82 Å². The molecule has 0 fully saturated rings. The molecule has 0 atom stereocenters. The number of hydrogen-bond acceptors (Lipinski definition) is 2. The number of carbonyl (C=O) groups excluding carboxylic acids is 1. The lowest BCUT2D eigenvalue weighted by Gasteiger charge is -2.03. The monoisotopic (exact) mass is 246 g/mol. The van der Waals surface area contributed by atoms with Crippen LogP contribution in [0.4, 0.5) is 4.39 Å². The summed E-state index contributed by atoms with van der Waals surface area (Å²) in [5, 5.41) is 0. The topological polar surface area (TPSA) is 26.3 Å². The van der Waals surface area contributed by atoms with Crippen molar-refractivity contribution < 1.29 is 13.9 Å². The van der Waals surface area contributed by atoms with Gasteiger partial charge in [0.1, 0.15) is 0 Å². The quantitative estimate of drug-likeness (QED) is 0.751. The number of esters is 1. The molecule has 0 aromatic heterocycles. The summed E-state index contributed by atoms with van der Waals surface area (Å²) in [6, 6.07) is 4.50. The molecule has 1 aromatic rings. The second-order valence-corrected chi connectivity index (χ2v) is 3.18. The first-order chi connectivity index (χ1) is 6.16. The van der Waals surface area contributed by atoms with E-state index >= 15 is 0 Å². The summed E-state index contributed by atoms with van der Waals surface area (Å²) in [4.78, 5) is 11.1. The van der Waals surface area contributed by atoms with Gasteiger partial charge in [-0.1, -0.05) is 6.07 Å². The Morgan fingerprint density at radius 3 is 2.92 bits per heavy atom. The van der Waals surface area contributed by atoms with Crippen LogP contribution in [-0.4, -0.2) is 12.6 Å². The van der Waals surface area contributed by atoms with Crippen molar-refractivity contribution in [2.75, 3.05) is 6.61 Å². The van der Waals surface area contributed by atoms with Crippen LogP contribution in [0.1, 0.15) is 17.3 Å². The molecule has 1 aromatic carbocycles. The number of hydrogen-bond donors (Lipinski definition) is 0. The van der Waals surface area contributed by atoms with Crippen molar-refractivity contribution in [1.82, 2.24) is 0 Å². The van der Waals surface area contributed by atoms with E-state index in [9.17, 15) is 9.18 Å². The third-order valence-corrected chi connectivity index (χ3v) is 2.06. The van der Waals surface area contributed by atoms with Crippen molar-refractivity contribution in [3.8, 4) is 0 Å². The summed E-state index contributed by atoms with van der Waals surface area (Å²) in [6.07, 6.45) is 0. The SMILES string of the molecule is CCOC(=O)c1cccc(Br)c1F. The first kappa shape index (κ1) is 10.2. The summed E-state index contributed by atoms with van der Waals surface area (Å²) in [7, 11) is 0. The Hall–Kier alpha value is -0.900. The number of halogens is 2. The van der Waals surface area contributed by atoms with E-state index in [-0.39, 0.29) is 16.6 Å². The number of carbonyl (C=O) groups is 1. The lowest BCUT2D eigenvalue weighted by molar-refractivity contribution is 0.0521. The van der Waals surface area contributed by atoms with Gasteiger partial charge in [0.25, 0.3) is 0 Å². The van der Waals surface area contributed by atoms with E-state index in [0.29, 0.717) is 0 Å². The molecule has 0 bridgehead atoms. The molecule has 0 amide bonds. The molecule has 0 saturated heterocycles. The van der Waals surface area contributed by atoms with Gasteiger partial charge in [-0.3, -0.25) is 0 Å². The lowest BCUT2D eigenvalue weighted by atomic mass is 10.2. The Morgan fingerprint density at radius 2 is 2.31 bits per heavy atom. The minimum atomic E-state index is -0.638. The average molecular weight is 247 g/mol. The fraction of sp³-hybridized carbons (Fsp3) is 0.222. The third-order valence-electron chi connectivity index (χ3n) is 1.45. The van der Waals surface area contributed by atoms with Gasteiger partial charge in [0.05, 0.1) is 16.6 Å². The van der Waals surface area contributed by atoms with Gasteiger partial charge in [-0.25, -0.2) is 9.18 Å². The van der Waals surface area contributed by atoms with Crippen molar-refractivity contribution in [2.24, 2.45) is 0 Å². The van der Waals surface area contributed by atoms with Crippen molar-refractivity contribution in [3.63, 3.8) is 0 Å². The molecule has 1 rings (SSSR count). The van der Waals surface area contributed by atoms with Crippen molar-refractivity contribution in [1.29, 1.82) is 0 Å². The molecular weight excluding hydrogens is 239 g/mol. The summed E-state index contributed by atoms with van der Waals surface area (Å²) in [5.41, 5.74) is -0.0452. The van der Waals surface area contributed by atoms with Gasteiger partial charge in [0.2, 0.25) is 0 Å². The Balaban J connectivity index is 3.01. The predicted molar refractivity (Wildman–Crippen MR) is 50.1 cm³/mol. The van der Waals surface area contributed by atoms with Crippen LogP contribution in [0.25, 0.3) is 0 Å². The standard InChI is InChI=1S/C9H8BrFO2/c1-2-13-9(12)6-4-3-5-7(10)8(6)11/h3-5H,2H2,1H3. The van der Waals surface area contributed by atoms with E-state index in [1.54, 1.807) is 13.0 Å². The summed E-state index contributed by atoms with van der Waals surface area (Å²) < 4.78 is 18.2. The highest BCUT2D eigenvalue weighted by molar-refractivity contribution is 9.10. The molecule has 0 unspecified atom stereocenters. The number of benzene rings is 1. The second-order valence-electron chi connectivity index (χ2n) is 2.32. The van der Waals surface area contributed by atoms with Gasteiger partial charge < -0.3 is 4.74 Å². The molecule has 0 spiro atoms. The van der Waals surface area contributed by atoms with Crippen LogP contribution >= 0.6 is 15.9 Å². The van der Waals surface area contributed by atoms with E-state index in [1.165, 1.54) is 12.1 Å². The number of rotatable bonds is 2. The maximum Gasteiger partial charge on any atom is 0.341 e. The van der Waals surface area contributed by atoms with E-state index in [4.69, 9.17) is 0 Å². The van der Waals surface area contributed by atoms with E-state index in [0.717, 1.165) is 0 Å². The van der Waals surface area contributed by atoms with Crippen LogP contribution in [-0.2, 0) is 4.74 Å². The van der Waals surface area contributed by atoms with Gasteiger partial charge >= 0.3 is 5.97 Å². The van der Waals surface area contributed by atoms with Crippen molar-refractivity contribution >= 4 is 21.9 Å². The molecule has 2 nitrogen and oxygen atoms in total. The van der Waals surface area contributed by atoms with Crippen LogP contribution in [0.2, 0.25) is 0 Å². The van der Waals surface area contributed by atoms with Crippen molar-refractivity contribution in [2.45, 2.75) is 6.92 Å². The second kappa shape index (κ2) is 4.37. The third kappa shape index (κ3) is 2.28. The maximum absolute atomic E-state index is 13.2. The zero-order chi connectivity index (χ0) is 9.84. The average Bonchev–Trinajstić information content (AvgIpc) is 2.10. The Labute approximate surface area is 83.8 Å². The predicted octanol–water partition coefficient (Wildman–Crippen LogP) is 2.76. The molecule has 0 radical (unpaired) electrons. The van der Waals surface area contributed by atoms with Crippen LogP contribution < -0.4 is 0 Å². The van der Waals surface area contributed by atoms with Gasteiger partial charge in [-0.05, 0) is 35.0 Å². The first-order valence-corrected chi connectivity index (χ1v) is 4.57. The van der Waals surface area contributed by atoms with Gasteiger partial charge in [0, 0.05) is 0 Å². The zero-order valence-corrected chi connectivity index (χ0v) is 8.60. The molecule has 0 aliphatic rings. The highest BCUT2D eigenvalue weighted by Crippen LogP contribution is 2.18. The summed E-state index contributed by atoms with van der Waals surface area (Å²) in [6.45, 7) is 1.92. The van der Waals surface area contributed by atoms with Gasteiger partial charge in [-0.15, -0.1) is 0 Å². The molecular formula is C9H8BrFO2. The molecule has 0 heterocycles. The normalized spacial score (nSPS) is 9.77. The maximum atomic E-state index is 13.2. The summed E-state index contributed by atoms with van der Waals surface area (Å²) >= 11 is 2.98. The summed E-state index contributed by atoms with van der Waals surface area (Å²) in [5.74, 6) is -1.22. The van der Waals surface area contributed by atoms with E-state index < -0.39 is 11.8 Å². The molecule has 13 heavy (non-hydrogen) atoms. The van der Waals surface area contributed by atoms with E-state index in [2.05, 4.69) is 20.7 Å². The Bertz CT molecular complexity index is 325. The fourth-order valence-electron chi connectivity index (χ4n) is 0.870. The Morgan fingerprint density at radius 1 is 1.62 bits per heavy atom. The lowest BCUT2D eigenvalue weighted by Crippen LogP contribution is -2.07. The van der Waals surface area contributed by atoms with Gasteiger partial charge in [-0.2, -0.15) is 0 Å². The molecule has 0 N–H and O–H groups in total. The molecule has 0 saturated carbocycles. The number of ether oxygens (including phenoxy) is 1.